The van der Waals surface area contributed by atoms with Gasteiger partial charge in [-0.05, 0) is 36.6 Å². The van der Waals surface area contributed by atoms with E-state index in [1.165, 1.54) is 4.90 Å². The molecular formula is C23H19N3O4. The van der Waals surface area contributed by atoms with Crippen molar-refractivity contribution in [3.8, 4) is 22.6 Å². The number of fused-ring (bicyclic) bond motifs is 1. The second kappa shape index (κ2) is 6.95. The van der Waals surface area contributed by atoms with Crippen LogP contribution in [0, 0.1) is 6.92 Å². The number of imide groups is 1. The van der Waals surface area contributed by atoms with Crippen LogP contribution in [0.25, 0.3) is 22.6 Å². The Bertz CT molecular complexity index is 1200. The number of rotatable bonds is 3. The third-order valence-corrected chi connectivity index (χ3v) is 5.74. The van der Waals surface area contributed by atoms with E-state index in [0.29, 0.717) is 30.0 Å². The highest BCUT2D eigenvalue weighted by Gasteiger charge is 2.39. The minimum absolute atomic E-state index is 0.188. The summed E-state index contributed by atoms with van der Waals surface area (Å²) in [4.78, 5) is 38.0. The lowest BCUT2D eigenvalue weighted by molar-refractivity contribution is -0.136. The maximum Gasteiger partial charge on any atom is 0.255 e. The Morgan fingerprint density at radius 2 is 1.90 bits per heavy atom. The molecule has 2 aromatic carbocycles. The zero-order valence-electron chi connectivity index (χ0n) is 16.3. The highest BCUT2D eigenvalue weighted by Crippen LogP contribution is 2.33. The summed E-state index contributed by atoms with van der Waals surface area (Å²) in [6.45, 7) is 2.35. The average Bonchev–Trinajstić information content (AvgIpc) is 3.34. The summed E-state index contributed by atoms with van der Waals surface area (Å²) in [5.74, 6) is -0.207. The van der Waals surface area contributed by atoms with Crippen LogP contribution in [0.3, 0.4) is 0 Å². The minimum atomic E-state index is -0.620. The second-order valence-corrected chi connectivity index (χ2v) is 7.66. The number of hydrogen-bond acceptors (Lipinski definition) is 5. The highest BCUT2D eigenvalue weighted by atomic mass is 16.5. The van der Waals surface area contributed by atoms with Crippen LogP contribution in [-0.4, -0.2) is 33.8 Å². The lowest BCUT2D eigenvalue weighted by atomic mass is 10.0. The Kier molecular flexibility index (Phi) is 4.24. The summed E-state index contributed by atoms with van der Waals surface area (Å²) in [6, 6.07) is 14.7. The van der Waals surface area contributed by atoms with Crippen molar-refractivity contribution < 1.29 is 18.9 Å². The summed E-state index contributed by atoms with van der Waals surface area (Å²) in [7, 11) is 0. The van der Waals surface area contributed by atoms with Crippen molar-refractivity contribution >= 4 is 17.7 Å². The van der Waals surface area contributed by atoms with E-state index in [-0.39, 0.29) is 18.2 Å². The van der Waals surface area contributed by atoms with Gasteiger partial charge in [-0.25, -0.2) is 0 Å². The number of aryl methyl sites for hydroxylation is 1. The molecular weight excluding hydrogens is 382 g/mol. The third kappa shape index (κ3) is 2.99. The molecule has 2 aliphatic rings. The van der Waals surface area contributed by atoms with Crippen molar-refractivity contribution in [2.75, 3.05) is 0 Å². The molecule has 0 saturated carbocycles. The van der Waals surface area contributed by atoms with Crippen LogP contribution in [0.15, 0.2) is 53.1 Å². The first kappa shape index (κ1) is 18.3. The van der Waals surface area contributed by atoms with Gasteiger partial charge in [-0.2, -0.15) is 0 Å². The molecule has 3 amide bonds. The maximum atomic E-state index is 12.8. The summed E-state index contributed by atoms with van der Waals surface area (Å²) >= 11 is 0. The molecule has 0 radical (unpaired) electrons. The first-order valence-electron chi connectivity index (χ1n) is 9.82. The Hall–Kier alpha value is -3.74. The zero-order chi connectivity index (χ0) is 20.8. The maximum absolute atomic E-state index is 12.8. The van der Waals surface area contributed by atoms with E-state index in [2.05, 4.69) is 10.5 Å². The molecule has 0 bridgehead atoms. The quantitative estimate of drug-likeness (QED) is 0.681. The van der Waals surface area contributed by atoms with E-state index in [1.807, 2.05) is 49.4 Å². The molecule has 7 heteroatoms. The number of nitrogens with one attached hydrogen (secondary N) is 1. The lowest BCUT2D eigenvalue weighted by Crippen LogP contribution is -2.52. The molecule has 0 spiro atoms. The van der Waals surface area contributed by atoms with Crippen molar-refractivity contribution in [1.82, 2.24) is 15.4 Å². The molecule has 3 heterocycles. The van der Waals surface area contributed by atoms with Crippen molar-refractivity contribution in [3.63, 3.8) is 0 Å². The van der Waals surface area contributed by atoms with E-state index in [9.17, 15) is 14.4 Å². The summed E-state index contributed by atoms with van der Waals surface area (Å²) in [5.41, 5.74) is 5.02. The summed E-state index contributed by atoms with van der Waals surface area (Å²) in [5, 5.41) is 6.52. The summed E-state index contributed by atoms with van der Waals surface area (Å²) in [6.07, 6.45) is 0.586. The van der Waals surface area contributed by atoms with Crippen molar-refractivity contribution in [2.24, 2.45) is 0 Å². The number of carbonyl (C=O) groups is 3. The molecule has 30 heavy (non-hydrogen) atoms. The van der Waals surface area contributed by atoms with Gasteiger partial charge >= 0.3 is 0 Å². The zero-order valence-corrected chi connectivity index (χ0v) is 16.3. The average molecular weight is 401 g/mol. The van der Waals surface area contributed by atoms with Crippen LogP contribution in [0.1, 0.15) is 34.3 Å². The molecule has 1 N–H and O–H groups in total. The fourth-order valence-electron chi connectivity index (χ4n) is 4.12. The van der Waals surface area contributed by atoms with E-state index < -0.39 is 11.9 Å². The van der Waals surface area contributed by atoms with Gasteiger partial charge in [-0.1, -0.05) is 35.5 Å². The van der Waals surface area contributed by atoms with E-state index in [1.54, 1.807) is 6.07 Å². The molecule has 1 unspecified atom stereocenters. The first-order chi connectivity index (χ1) is 14.5. The van der Waals surface area contributed by atoms with Crippen molar-refractivity contribution in [2.45, 2.75) is 32.4 Å². The largest absolute Gasteiger partial charge is 0.356 e. The lowest BCUT2D eigenvalue weighted by Gasteiger charge is -2.29. The number of carbonyl (C=O) groups excluding carboxylic acids is 3. The molecule has 1 fully saturated rings. The van der Waals surface area contributed by atoms with E-state index in [4.69, 9.17) is 4.52 Å². The van der Waals surface area contributed by atoms with Gasteiger partial charge in [0.2, 0.25) is 11.8 Å². The van der Waals surface area contributed by atoms with E-state index in [0.717, 1.165) is 22.3 Å². The molecule has 1 aromatic heterocycles. The Labute approximate surface area is 172 Å². The SMILES string of the molecule is Cc1ccccc1-c1cc(-c2ccc3c(c2)CN(C2CCC(=O)NC2=O)C3=O)no1. The van der Waals surface area contributed by atoms with Crippen molar-refractivity contribution in [3.05, 3.63) is 65.2 Å². The Balaban J connectivity index is 1.42. The molecule has 7 nitrogen and oxygen atoms in total. The standard InChI is InChI=1S/C23H19N3O4/c1-13-4-2-3-5-16(13)20-11-18(25-30-20)14-6-7-17-15(10-14)12-26(23(17)29)19-8-9-21(27)24-22(19)28/h2-7,10-11,19H,8-9,12H2,1H3,(H,24,27,28). The van der Waals surface area contributed by atoms with Gasteiger partial charge in [0.15, 0.2) is 5.76 Å². The van der Waals surface area contributed by atoms with Crippen LogP contribution in [0.5, 0.6) is 0 Å². The molecule has 0 aliphatic carbocycles. The van der Waals surface area contributed by atoms with Gasteiger partial charge in [-0.15, -0.1) is 0 Å². The van der Waals surface area contributed by atoms with Crippen LogP contribution >= 0.6 is 0 Å². The first-order valence-corrected chi connectivity index (χ1v) is 9.82. The summed E-state index contributed by atoms with van der Waals surface area (Å²) < 4.78 is 5.55. The van der Waals surface area contributed by atoms with Gasteiger partial charge in [0, 0.05) is 35.7 Å². The normalized spacial score (nSPS) is 18.5. The van der Waals surface area contributed by atoms with Crippen LogP contribution in [-0.2, 0) is 16.1 Å². The highest BCUT2D eigenvalue weighted by molar-refractivity contribution is 6.05. The predicted octanol–water partition coefficient (Wildman–Crippen LogP) is 3.08. The fraction of sp³-hybridized carbons (Fsp3) is 0.217. The molecule has 3 aromatic rings. The molecule has 150 valence electrons. The molecule has 1 atom stereocenters. The predicted molar refractivity (Wildman–Crippen MR) is 108 cm³/mol. The molecule has 2 aliphatic heterocycles. The van der Waals surface area contributed by atoms with Crippen LogP contribution < -0.4 is 5.32 Å². The monoisotopic (exact) mass is 401 g/mol. The van der Waals surface area contributed by atoms with Crippen LogP contribution in [0.4, 0.5) is 0 Å². The Morgan fingerprint density at radius 3 is 2.70 bits per heavy atom. The number of amides is 3. The topological polar surface area (TPSA) is 92.5 Å². The number of piperidine rings is 1. The second-order valence-electron chi connectivity index (χ2n) is 7.66. The minimum Gasteiger partial charge on any atom is -0.356 e. The van der Waals surface area contributed by atoms with Gasteiger partial charge in [0.25, 0.3) is 5.91 Å². The Morgan fingerprint density at radius 1 is 1.07 bits per heavy atom. The fourth-order valence-corrected chi connectivity index (χ4v) is 4.12. The smallest absolute Gasteiger partial charge is 0.255 e. The van der Waals surface area contributed by atoms with Gasteiger partial charge in [0.05, 0.1) is 0 Å². The van der Waals surface area contributed by atoms with E-state index >= 15 is 0 Å². The number of aromatic nitrogens is 1. The molecule has 5 rings (SSSR count). The van der Waals surface area contributed by atoms with Gasteiger partial charge in [0.1, 0.15) is 11.7 Å². The third-order valence-electron chi connectivity index (χ3n) is 5.74. The van der Waals surface area contributed by atoms with Gasteiger partial charge < -0.3 is 9.42 Å². The van der Waals surface area contributed by atoms with Crippen molar-refractivity contribution in [1.29, 1.82) is 0 Å². The number of benzene rings is 2. The van der Waals surface area contributed by atoms with Gasteiger partial charge in [-0.3, -0.25) is 19.7 Å². The molecule has 1 saturated heterocycles. The number of hydrogen-bond donors (Lipinski definition) is 1. The van der Waals surface area contributed by atoms with Crippen LogP contribution in [0.2, 0.25) is 0 Å². The number of nitrogens with zero attached hydrogens (tertiary/aromatic N) is 2.